The SMILES string of the molecule is CCCCc1nc(CCc2ccccc2)nn1Cc1ccc(-c2cccnc2OC(=O)O)cc1. The van der Waals surface area contributed by atoms with Gasteiger partial charge in [0.15, 0.2) is 5.82 Å². The zero-order valence-electron chi connectivity index (χ0n) is 19.2. The number of carbonyl (C=O) groups is 1. The third-order valence-corrected chi connectivity index (χ3v) is 5.58. The first-order valence-corrected chi connectivity index (χ1v) is 11.5. The Kier molecular flexibility index (Phi) is 7.65. The molecule has 0 fully saturated rings. The smallest absolute Gasteiger partial charge is 0.449 e. The summed E-state index contributed by atoms with van der Waals surface area (Å²) in [5.41, 5.74) is 3.84. The number of pyridine rings is 1. The number of ether oxygens (including phenoxy) is 1. The highest BCUT2D eigenvalue weighted by Gasteiger charge is 2.13. The second-order valence-corrected chi connectivity index (χ2v) is 8.11. The molecule has 0 atom stereocenters. The lowest BCUT2D eigenvalue weighted by Crippen LogP contribution is -2.07. The van der Waals surface area contributed by atoms with E-state index in [0.717, 1.165) is 54.9 Å². The summed E-state index contributed by atoms with van der Waals surface area (Å²) in [6.07, 6.45) is 4.93. The Morgan fingerprint density at radius 2 is 1.74 bits per heavy atom. The molecule has 174 valence electrons. The summed E-state index contributed by atoms with van der Waals surface area (Å²) in [5, 5.41) is 13.8. The number of aromatic nitrogens is 4. The minimum Gasteiger partial charge on any atom is -0.449 e. The number of hydrogen-bond donors (Lipinski definition) is 1. The van der Waals surface area contributed by atoms with E-state index in [-0.39, 0.29) is 5.88 Å². The normalized spacial score (nSPS) is 10.9. The van der Waals surface area contributed by atoms with Gasteiger partial charge in [-0.25, -0.2) is 19.4 Å². The summed E-state index contributed by atoms with van der Waals surface area (Å²) >= 11 is 0. The second-order valence-electron chi connectivity index (χ2n) is 8.11. The topological polar surface area (TPSA) is 90.1 Å². The number of hydrogen-bond acceptors (Lipinski definition) is 5. The van der Waals surface area contributed by atoms with Crippen LogP contribution in [0, 0.1) is 0 Å². The van der Waals surface area contributed by atoms with Crippen molar-refractivity contribution in [3.8, 4) is 17.0 Å². The molecule has 0 amide bonds. The Bertz CT molecular complexity index is 1220. The number of nitrogens with zero attached hydrogens (tertiary/aromatic N) is 4. The summed E-state index contributed by atoms with van der Waals surface area (Å²) in [6.45, 7) is 2.81. The predicted molar refractivity (Wildman–Crippen MR) is 130 cm³/mol. The van der Waals surface area contributed by atoms with Crippen LogP contribution < -0.4 is 4.74 Å². The first-order valence-electron chi connectivity index (χ1n) is 11.5. The molecule has 0 spiro atoms. The highest BCUT2D eigenvalue weighted by Crippen LogP contribution is 2.28. The van der Waals surface area contributed by atoms with E-state index in [1.54, 1.807) is 12.1 Å². The Morgan fingerprint density at radius 3 is 2.47 bits per heavy atom. The van der Waals surface area contributed by atoms with Crippen LogP contribution in [-0.4, -0.2) is 31.0 Å². The molecule has 0 unspecified atom stereocenters. The van der Waals surface area contributed by atoms with Crippen LogP contribution in [0.25, 0.3) is 11.1 Å². The van der Waals surface area contributed by atoms with Gasteiger partial charge in [0.25, 0.3) is 0 Å². The van der Waals surface area contributed by atoms with Crippen LogP contribution in [0.2, 0.25) is 0 Å². The molecule has 0 radical (unpaired) electrons. The van der Waals surface area contributed by atoms with Crippen molar-refractivity contribution in [2.45, 2.75) is 45.6 Å². The third kappa shape index (κ3) is 6.07. The van der Waals surface area contributed by atoms with Gasteiger partial charge in [0.2, 0.25) is 5.88 Å². The van der Waals surface area contributed by atoms with Gasteiger partial charge in [-0.05, 0) is 41.7 Å². The maximum atomic E-state index is 11.0. The van der Waals surface area contributed by atoms with Gasteiger partial charge < -0.3 is 9.84 Å². The van der Waals surface area contributed by atoms with E-state index in [2.05, 4.69) is 36.2 Å². The molecule has 7 nitrogen and oxygen atoms in total. The molecular formula is C27H28N4O3. The van der Waals surface area contributed by atoms with Gasteiger partial charge in [0.05, 0.1) is 6.54 Å². The van der Waals surface area contributed by atoms with E-state index in [9.17, 15) is 4.79 Å². The average Bonchev–Trinajstić information content (AvgIpc) is 3.24. The molecule has 2 aromatic heterocycles. The van der Waals surface area contributed by atoms with Crippen LogP contribution in [0.4, 0.5) is 4.79 Å². The molecular weight excluding hydrogens is 428 g/mol. The van der Waals surface area contributed by atoms with E-state index in [1.807, 2.05) is 35.0 Å². The summed E-state index contributed by atoms with van der Waals surface area (Å²) in [4.78, 5) is 19.8. The van der Waals surface area contributed by atoms with Crippen LogP contribution in [0.3, 0.4) is 0 Å². The van der Waals surface area contributed by atoms with Gasteiger partial charge in [0.1, 0.15) is 5.82 Å². The minimum absolute atomic E-state index is 0.0731. The number of rotatable bonds is 10. The molecule has 0 aliphatic rings. The van der Waals surface area contributed by atoms with Crippen molar-refractivity contribution >= 4 is 6.16 Å². The Balaban J connectivity index is 1.50. The van der Waals surface area contributed by atoms with Crippen molar-refractivity contribution in [3.05, 3.63) is 95.7 Å². The fraction of sp³-hybridized carbons (Fsp3) is 0.259. The van der Waals surface area contributed by atoms with E-state index in [1.165, 1.54) is 11.8 Å². The molecule has 0 saturated carbocycles. The lowest BCUT2D eigenvalue weighted by Gasteiger charge is -2.09. The Morgan fingerprint density at radius 1 is 0.941 bits per heavy atom. The van der Waals surface area contributed by atoms with Gasteiger partial charge in [-0.1, -0.05) is 67.9 Å². The van der Waals surface area contributed by atoms with Crippen molar-refractivity contribution in [2.75, 3.05) is 0 Å². The quantitative estimate of drug-likeness (QED) is 0.314. The zero-order chi connectivity index (χ0) is 23.8. The summed E-state index contributed by atoms with van der Waals surface area (Å²) < 4.78 is 6.83. The van der Waals surface area contributed by atoms with Crippen molar-refractivity contribution in [2.24, 2.45) is 0 Å². The molecule has 1 N–H and O–H groups in total. The Hall–Kier alpha value is -4.00. The molecule has 0 aliphatic heterocycles. The van der Waals surface area contributed by atoms with Crippen LogP contribution in [-0.2, 0) is 25.8 Å². The van der Waals surface area contributed by atoms with Gasteiger partial charge in [-0.15, -0.1) is 0 Å². The van der Waals surface area contributed by atoms with Gasteiger partial charge >= 0.3 is 6.16 Å². The molecule has 7 heteroatoms. The van der Waals surface area contributed by atoms with Crippen LogP contribution in [0.15, 0.2) is 72.9 Å². The number of unbranched alkanes of at least 4 members (excludes halogenated alkanes) is 1. The van der Waals surface area contributed by atoms with E-state index in [4.69, 9.17) is 19.9 Å². The van der Waals surface area contributed by atoms with Crippen LogP contribution in [0.1, 0.15) is 42.5 Å². The summed E-state index contributed by atoms with van der Waals surface area (Å²) in [5.74, 6) is 1.96. The molecule has 0 aliphatic carbocycles. The molecule has 4 rings (SSSR count). The molecule has 2 heterocycles. The lowest BCUT2D eigenvalue weighted by molar-refractivity contribution is 0.143. The highest BCUT2D eigenvalue weighted by molar-refractivity contribution is 5.72. The number of benzene rings is 2. The van der Waals surface area contributed by atoms with Gasteiger partial charge in [0, 0.05) is 24.6 Å². The number of aryl methyl sites for hydroxylation is 3. The standard InChI is InChI=1S/C27H28N4O3/c1-2-3-11-25-29-24(17-14-20-8-5-4-6-9-20)30-31(25)19-21-12-15-22(16-13-21)23-10-7-18-28-26(23)34-27(32)33/h4-10,12-13,15-16,18H,2-3,11,14,17,19H2,1H3,(H,32,33). The molecule has 34 heavy (non-hydrogen) atoms. The Labute approximate surface area is 199 Å². The summed E-state index contributed by atoms with van der Waals surface area (Å²) in [6, 6.07) is 21.9. The van der Waals surface area contributed by atoms with Crippen molar-refractivity contribution in [1.82, 2.24) is 19.7 Å². The predicted octanol–water partition coefficient (Wildman–Crippen LogP) is 5.57. The molecule has 4 aromatic rings. The van der Waals surface area contributed by atoms with Crippen molar-refractivity contribution < 1.29 is 14.6 Å². The minimum atomic E-state index is -1.38. The average molecular weight is 457 g/mol. The van der Waals surface area contributed by atoms with E-state index in [0.29, 0.717) is 12.1 Å². The first kappa shape index (κ1) is 23.2. The van der Waals surface area contributed by atoms with Crippen molar-refractivity contribution in [1.29, 1.82) is 0 Å². The molecule has 0 bridgehead atoms. The summed E-state index contributed by atoms with van der Waals surface area (Å²) in [7, 11) is 0. The fourth-order valence-electron chi connectivity index (χ4n) is 3.82. The zero-order valence-corrected chi connectivity index (χ0v) is 19.2. The molecule has 2 aromatic carbocycles. The monoisotopic (exact) mass is 456 g/mol. The first-order chi connectivity index (χ1) is 16.6. The highest BCUT2D eigenvalue weighted by atomic mass is 16.7. The van der Waals surface area contributed by atoms with Gasteiger partial charge in [-0.2, -0.15) is 5.10 Å². The van der Waals surface area contributed by atoms with E-state index < -0.39 is 6.16 Å². The van der Waals surface area contributed by atoms with E-state index >= 15 is 0 Å². The second kappa shape index (κ2) is 11.2. The fourth-order valence-corrected chi connectivity index (χ4v) is 3.82. The lowest BCUT2D eigenvalue weighted by atomic mass is 10.1. The largest absolute Gasteiger partial charge is 0.512 e. The van der Waals surface area contributed by atoms with Gasteiger partial charge in [-0.3, -0.25) is 0 Å². The molecule has 0 saturated heterocycles. The maximum absolute atomic E-state index is 11.0. The van der Waals surface area contributed by atoms with Crippen molar-refractivity contribution in [3.63, 3.8) is 0 Å². The van der Waals surface area contributed by atoms with Crippen LogP contribution >= 0.6 is 0 Å². The maximum Gasteiger partial charge on any atom is 0.512 e. The third-order valence-electron chi connectivity index (χ3n) is 5.58. The number of carboxylic acid groups (broad SMARTS) is 1. The van der Waals surface area contributed by atoms with Crippen LogP contribution in [0.5, 0.6) is 5.88 Å².